The van der Waals surface area contributed by atoms with E-state index in [0.717, 1.165) is 16.7 Å². The molecule has 0 radical (unpaired) electrons. The van der Waals surface area contributed by atoms with Gasteiger partial charge in [0.25, 0.3) is 0 Å². The van der Waals surface area contributed by atoms with E-state index in [2.05, 4.69) is 0 Å². The summed E-state index contributed by atoms with van der Waals surface area (Å²) in [6, 6.07) is 19.7. The molecule has 6 nitrogen and oxygen atoms in total. The molecule has 1 aromatic heterocycles. The summed E-state index contributed by atoms with van der Waals surface area (Å²) in [5.74, 6) is 0.227. The van der Waals surface area contributed by atoms with Crippen molar-refractivity contribution < 1.29 is 26.9 Å². The maximum Gasteiger partial charge on any atom is 0.490 e. The Morgan fingerprint density at radius 1 is 1.02 bits per heavy atom. The number of hydrogen-bond acceptors (Lipinski definition) is 4. The molecule has 0 spiro atoms. The van der Waals surface area contributed by atoms with E-state index in [-0.39, 0.29) is 5.70 Å². The Balaban J connectivity index is 1.61. The largest absolute Gasteiger partial charge is 0.490 e. The molecular weight excluding hydrogens is 670 g/mol. The number of benzene rings is 3. The molecule has 0 aliphatic heterocycles. The van der Waals surface area contributed by atoms with Gasteiger partial charge < -0.3 is 9.30 Å². The molecule has 47 heavy (non-hydrogen) atoms. The van der Waals surface area contributed by atoms with Crippen LogP contribution in [0.25, 0.3) is 29.0 Å². The molecule has 0 bridgehead atoms. The maximum absolute atomic E-state index is 12.9. The molecule has 244 valence electrons. The summed E-state index contributed by atoms with van der Waals surface area (Å²) in [6.45, 7) is 3.93. The molecule has 0 amide bonds. The molecule has 0 saturated carbocycles. The molecule has 3 aromatic carbocycles. The highest BCUT2D eigenvalue weighted by Gasteiger charge is 2.37. The molecule has 0 aliphatic carbocycles. The highest BCUT2D eigenvalue weighted by atomic mass is 35.5. The zero-order valence-electron chi connectivity index (χ0n) is 25.5. The first-order valence-electron chi connectivity index (χ1n) is 14.1. The number of hydrogen-bond donors (Lipinski definition) is 1. The number of methoxy groups -OCH3 is 1. The third kappa shape index (κ3) is 9.81. The van der Waals surface area contributed by atoms with Gasteiger partial charge >= 0.3 is 11.5 Å². The number of esters is 1. The SMILES string of the molecule is C\C=C/C=C(\C=C(/C)c1ccc(/C=C/c2nc(-c3ccc(Cl)cc3Cl)cn2Cc2ccc(C(=O)OC)cc2)cc1)NS(=O)C(F)(F)F. The van der Waals surface area contributed by atoms with Gasteiger partial charge in [-0.1, -0.05) is 77.8 Å². The lowest BCUT2D eigenvalue weighted by molar-refractivity contribution is -0.0392. The summed E-state index contributed by atoms with van der Waals surface area (Å²) >= 11 is 12.6. The fourth-order valence-corrected chi connectivity index (χ4v) is 5.36. The molecular formula is C35H30Cl2F3N3O3S. The van der Waals surface area contributed by atoms with E-state index < -0.39 is 22.5 Å². The minimum Gasteiger partial charge on any atom is -0.465 e. The summed E-state index contributed by atoms with van der Waals surface area (Å²) in [5, 5.41) is 0.970. The van der Waals surface area contributed by atoms with Gasteiger partial charge in [0.1, 0.15) is 5.82 Å². The van der Waals surface area contributed by atoms with Crippen LogP contribution >= 0.6 is 23.2 Å². The van der Waals surface area contributed by atoms with E-state index in [9.17, 15) is 22.2 Å². The van der Waals surface area contributed by atoms with Crippen molar-refractivity contribution in [2.24, 2.45) is 0 Å². The number of nitrogens with one attached hydrogen (secondary N) is 1. The number of ether oxygens (including phenoxy) is 1. The van der Waals surface area contributed by atoms with Crippen LogP contribution in [0.2, 0.25) is 10.0 Å². The molecule has 1 heterocycles. The summed E-state index contributed by atoms with van der Waals surface area (Å²) in [7, 11) is -1.91. The average Bonchev–Trinajstić information content (AvgIpc) is 3.44. The molecule has 1 atom stereocenters. The first kappa shape index (κ1) is 35.5. The third-order valence-corrected chi connectivity index (χ3v) is 8.18. The van der Waals surface area contributed by atoms with Crippen molar-refractivity contribution in [3.8, 4) is 11.3 Å². The molecule has 12 heteroatoms. The fraction of sp³-hybridized carbons (Fsp3) is 0.143. The van der Waals surface area contributed by atoms with E-state index in [1.165, 1.54) is 19.3 Å². The Morgan fingerprint density at radius 2 is 1.70 bits per heavy atom. The zero-order valence-corrected chi connectivity index (χ0v) is 27.8. The first-order valence-corrected chi connectivity index (χ1v) is 16.0. The van der Waals surface area contributed by atoms with Crippen LogP contribution in [0.5, 0.6) is 0 Å². The van der Waals surface area contributed by atoms with Crippen LogP contribution in [-0.4, -0.2) is 32.3 Å². The second kappa shape index (κ2) is 15.9. The molecule has 0 saturated heterocycles. The number of allylic oxidation sites excluding steroid dienone is 5. The second-order valence-corrected chi connectivity index (χ2v) is 12.2. The lowest BCUT2D eigenvalue weighted by atomic mass is 10.0. The zero-order chi connectivity index (χ0) is 34.1. The smallest absolute Gasteiger partial charge is 0.465 e. The summed E-state index contributed by atoms with van der Waals surface area (Å²) in [5.41, 5.74) is 0.198. The van der Waals surface area contributed by atoms with Gasteiger partial charge in [-0.25, -0.2) is 14.0 Å². The topological polar surface area (TPSA) is 73.2 Å². The van der Waals surface area contributed by atoms with Gasteiger partial charge in [-0.2, -0.15) is 13.2 Å². The van der Waals surface area contributed by atoms with Crippen molar-refractivity contribution in [1.29, 1.82) is 0 Å². The molecule has 1 N–H and O–H groups in total. The van der Waals surface area contributed by atoms with E-state index in [0.29, 0.717) is 44.8 Å². The van der Waals surface area contributed by atoms with Gasteiger partial charge in [0.2, 0.25) is 11.0 Å². The molecule has 0 fully saturated rings. The van der Waals surface area contributed by atoms with Gasteiger partial charge in [0, 0.05) is 29.0 Å². The summed E-state index contributed by atoms with van der Waals surface area (Å²) in [4.78, 5) is 16.7. The molecule has 4 rings (SSSR count). The average molecular weight is 701 g/mol. The number of carbonyl (C=O) groups excluding carboxylic acids is 1. The third-order valence-electron chi connectivity index (χ3n) is 6.79. The van der Waals surface area contributed by atoms with Gasteiger partial charge in [-0.05, 0) is 84.7 Å². The minimum absolute atomic E-state index is 0.0589. The van der Waals surface area contributed by atoms with E-state index in [4.69, 9.17) is 32.9 Å². The van der Waals surface area contributed by atoms with Crippen molar-refractivity contribution in [1.82, 2.24) is 14.3 Å². The monoisotopic (exact) mass is 699 g/mol. The van der Waals surface area contributed by atoms with Gasteiger partial charge in [-0.3, -0.25) is 4.72 Å². The molecule has 0 aliphatic rings. The number of nitrogens with zero attached hydrogens (tertiary/aromatic N) is 2. The highest BCUT2D eigenvalue weighted by molar-refractivity contribution is 7.84. The summed E-state index contributed by atoms with van der Waals surface area (Å²) < 4.78 is 59.0. The van der Waals surface area contributed by atoms with Gasteiger partial charge in [-0.15, -0.1) is 0 Å². The lowest BCUT2D eigenvalue weighted by Crippen LogP contribution is -2.29. The number of alkyl halides is 3. The van der Waals surface area contributed by atoms with E-state index in [1.54, 1.807) is 56.3 Å². The van der Waals surface area contributed by atoms with Crippen LogP contribution in [0, 0.1) is 0 Å². The number of imidazole rings is 1. The van der Waals surface area contributed by atoms with E-state index in [1.807, 2.05) is 64.0 Å². The highest BCUT2D eigenvalue weighted by Crippen LogP contribution is 2.30. The quantitative estimate of drug-likeness (QED) is 0.125. The Bertz CT molecular complexity index is 1880. The van der Waals surface area contributed by atoms with Crippen molar-refractivity contribution in [2.45, 2.75) is 25.9 Å². The minimum atomic E-state index is -4.89. The second-order valence-electron chi connectivity index (χ2n) is 10.2. The van der Waals surface area contributed by atoms with Crippen LogP contribution in [0.4, 0.5) is 13.2 Å². The van der Waals surface area contributed by atoms with Crippen LogP contribution in [0.1, 0.15) is 46.7 Å². The Morgan fingerprint density at radius 3 is 2.32 bits per heavy atom. The van der Waals surface area contributed by atoms with Crippen molar-refractivity contribution in [3.63, 3.8) is 0 Å². The number of carbonyl (C=O) groups is 1. The maximum atomic E-state index is 12.9. The first-order chi connectivity index (χ1) is 22.4. The predicted octanol–water partition coefficient (Wildman–Crippen LogP) is 9.50. The Labute approximate surface area is 283 Å². The van der Waals surface area contributed by atoms with Crippen LogP contribution in [0.15, 0.2) is 103 Å². The van der Waals surface area contributed by atoms with Gasteiger partial charge in [0.15, 0.2) is 0 Å². The lowest BCUT2D eigenvalue weighted by Gasteiger charge is -2.10. The Hall–Kier alpha value is -4.38. The van der Waals surface area contributed by atoms with Crippen molar-refractivity contribution >= 4 is 57.9 Å². The summed E-state index contributed by atoms with van der Waals surface area (Å²) in [6.07, 6.45) is 11.8. The van der Waals surface area contributed by atoms with Crippen LogP contribution in [-0.2, 0) is 22.3 Å². The Kier molecular flexibility index (Phi) is 12.0. The van der Waals surface area contributed by atoms with Crippen molar-refractivity contribution in [3.05, 3.63) is 141 Å². The number of aromatic nitrogens is 2. The standard InChI is InChI=1S/C35H30Cl2F3N3O3S/c1-4-5-6-29(42-47(45)35(38,39)40)19-23(2)26-12-7-24(8-13-26)11-18-33-41-32(30-17-16-28(36)20-31(30)37)22-43(33)21-25-9-14-27(15-10-25)34(44)46-3/h4-20,22,42H,21H2,1-3H3/b5-4-,18-11+,23-19+,29-6+. The number of rotatable bonds is 11. The van der Waals surface area contributed by atoms with Crippen molar-refractivity contribution in [2.75, 3.05) is 7.11 Å². The normalized spacial score (nSPS) is 13.4. The van der Waals surface area contributed by atoms with Crippen LogP contribution < -0.4 is 4.72 Å². The van der Waals surface area contributed by atoms with Gasteiger partial charge in [0.05, 0.1) is 23.4 Å². The number of halogens is 5. The van der Waals surface area contributed by atoms with Crippen LogP contribution in [0.3, 0.4) is 0 Å². The molecule has 4 aromatic rings. The predicted molar refractivity (Wildman–Crippen MR) is 184 cm³/mol. The molecule has 1 unspecified atom stereocenters. The fourth-order valence-electron chi connectivity index (χ4n) is 4.40. The van der Waals surface area contributed by atoms with E-state index >= 15 is 0 Å².